The number of allylic oxidation sites excluding steroid dienone is 8. The molecule has 30 heavy (non-hydrogen) atoms. The number of unbranched alkanes of at least 4 members (excludes halogenated alkanes) is 2. The van der Waals surface area contributed by atoms with Gasteiger partial charge in [0.1, 0.15) is 0 Å². The Morgan fingerprint density at radius 1 is 1.07 bits per heavy atom. The third-order valence-corrected chi connectivity index (χ3v) is 5.99. The summed E-state index contributed by atoms with van der Waals surface area (Å²) in [5.74, 6) is 1.77. The van der Waals surface area contributed by atoms with Gasteiger partial charge in [-0.3, -0.25) is 0 Å². The first-order valence-corrected chi connectivity index (χ1v) is 12.4. The molecule has 0 heterocycles. The topological polar surface area (TPSA) is 0 Å². The van der Waals surface area contributed by atoms with E-state index in [0.717, 1.165) is 18.3 Å². The van der Waals surface area contributed by atoms with E-state index in [9.17, 15) is 0 Å². The molecule has 164 valence electrons. The van der Waals surface area contributed by atoms with Crippen molar-refractivity contribution in [2.24, 2.45) is 11.8 Å². The smallest absolute Gasteiger partial charge is 0.343 e. The largest absolute Gasteiger partial charge is 4.00 e. The van der Waals surface area contributed by atoms with Gasteiger partial charge in [-0.1, -0.05) is 32.6 Å². The van der Waals surface area contributed by atoms with Crippen LogP contribution < -0.4 is 0 Å². The molecule has 2 heteroatoms. The molecular weight excluding hydrogens is 456 g/mol. The summed E-state index contributed by atoms with van der Waals surface area (Å²) in [6.45, 7) is 10.0. The molecule has 0 amide bonds. The van der Waals surface area contributed by atoms with Crippen molar-refractivity contribution in [3.8, 4) is 0 Å². The minimum Gasteiger partial charge on any atom is -0.343 e. The van der Waals surface area contributed by atoms with Gasteiger partial charge in [0.05, 0.1) is 0 Å². The van der Waals surface area contributed by atoms with E-state index < -0.39 is 0 Å². The maximum Gasteiger partial charge on any atom is 4.00 e. The quantitative estimate of drug-likeness (QED) is 0.279. The molecule has 0 saturated heterocycles. The molecule has 4 aliphatic carbocycles. The van der Waals surface area contributed by atoms with Gasteiger partial charge in [0, 0.05) is 0 Å². The van der Waals surface area contributed by atoms with Crippen LogP contribution in [0.25, 0.3) is 0 Å². The van der Waals surface area contributed by atoms with Crippen molar-refractivity contribution in [1.82, 2.24) is 0 Å². The second-order valence-corrected chi connectivity index (χ2v) is 9.58. The van der Waals surface area contributed by atoms with Crippen molar-refractivity contribution in [3.63, 3.8) is 0 Å². The zero-order valence-electron chi connectivity index (χ0n) is 19.8. The van der Waals surface area contributed by atoms with Crippen LogP contribution in [0.2, 0.25) is 0 Å². The Labute approximate surface area is 210 Å². The molecule has 4 rings (SSSR count). The Hall–Kier alpha value is -0.330. The van der Waals surface area contributed by atoms with E-state index in [1.807, 2.05) is 9.85 Å². The van der Waals surface area contributed by atoms with Crippen LogP contribution in [0, 0.1) is 38.0 Å². The van der Waals surface area contributed by atoms with Crippen LogP contribution in [0.4, 0.5) is 0 Å². The van der Waals surface area contributed by atoms with Crippen LogP contribution in [-0.2, 0) is 26.2 Å². The molecule has 0 aromatic carbocycles. The first-order valence-electron chi connectivity index (χ1n) is 11.7. The Balaban J connectivity index is 0.000000385. The summed E-state index contributed by atoms with van der Waals surface area (Å²) in [6, 6.07) is 0. The number of fused-ring (bicyclic) bond motifs is 2. The third kappa shape index (κ3) is 13.2. The Kier molecular flexibility index (Phi) is 19.1. The molecule has 0 nitrogen and oxygen atoms in total. The van der Waals surface area contributed by atoms with Crippen molar-refractivity contribution >= 4 is 15.0 Å². The van der Waals surface area contributed by atoms with Gasteiger partial charge in [0.25, 0.3) is 0 Å². The normalized spacial score (nSPS) is 21.7. The predicted octanol–water partition coefficient (Wildman–Crippen LogP) is 7.41. The average Bonchev–Trinajstić information content (AvgIpc) is 3.42. The fourth-order valence-corrected chi connectivity index (χ4v) is 3.92. The molecule has 0 aliphatic heterocycles. The van der Waals surface area contributed by atoms with Gasteiger partial charge < -0.3 is 13.3 Å². The van der Waals surface area contributed by atoms with E-state index in [4.69, 9.17) is 0 Å². The maximum atomic E-state index is 3.60. The minimum atomic E-state index is 0. The van der Waals surface area contributed by atoms with E-state index in [2.05, 4.69) is 83.4 Å². The van der Waals surface area contributed by atoms with Crippen molar-refractivity contribution in [1.29, 1.82) is 0 Å². The van der Waals surface area contributed by atoms with Crippen LogP contribution in [0.1, 0.15) is 85.0 Å². The third-order valence-electron chi connectivity index (χ3n) is 5.64. The van der Waals surface area contributed by atoms with Crippen LogP contribution in [0.3, 0.4) is 0 Å². The van der Waals surface area contributed by atoms with Crippen molar-refractivity contribution in [2.75, 3.05) is 0 Å². The van der Waals surface area contributed by atoms with Gasteiger partial charge in [-0.25, -0.2) is 36.1 Å². The molecule has 0 aromatic rings. The summed E-state index contributed by atoms with van der Waals surface area (Å²) in [7, 11) is 1.99. The van der Waals surface area contributed by atoms with Gasteiger partial charge in [-0.2, -0.15) is 19.8 Å². The molecule has 2 saturated carbocycles. The summed E-state index contributed by atoms with van der Waals surface area (Å²) in [5.41, 5.74) is 3.16. The average molecular weight is 500 g/mol. The zero-order valence-corrected chi connectivity index (χ0v) is 23.7. The summed E-state index contributed by atoms with van der Waals surface area (Å²) < 4.78 is 0. The minimum absolute atomic E-state index is 0. The summed E-state index contributed by atoms with van der Waals surface area (Å²) in [5, 5.41) is 1.55. The van der Waals surface area contributed by atoms with E-state index in [1.165, 1.54) is 57.8 Å². The van der Waals surface area contributed by atoms with Gasteiger partial charge in [-0.15, -0.1) is 42.3 Å². The molecule has 0 aromatic heterocycles. The number of hydrogen-bond donors (Lipinski definition) is 0. The summed E-state index contributed by atoms with van der Waals surface area (Å²) in [4.78, 5) is 0. The van der Waals surface area contributed by atoms with Crippen molar-refractivity contribution in [2.45, 2.75) is 85.0 Å². The van der Waals surface area contributed by atoms with Crippen LogP contribution >= 0.6 is 0 Å². The van der Waals surface area contributed by atoms with Crippen molar-refractivity contribution in [3.05, 3.63) is 73.8 Å². The zero-order chi connectivity index (χ0) is 21.3. The monoisotopic (exact) mass is 498 g/mol. The maximum absolute atomic E-state index is 3.60. The first kappa shape index (κ1) is 29.7. The van der Waals surface area contributed by atoms with Gasteiger partial charge >= 0.3 is 26.2 Å². The Bertz CT molecular complexity index is 525. The van der Waals surface area contributed by atoms with Crippen LogP contribution in [-0.4, -0.2) is 15.0 Å². The fraction of sp³-hybridized carbons (Fsp3) is 0.536. The fourth-order valence-electron chi connectivity index (χ4n) is 3.72. The molecular formula is C28H44SiZr. The SMILES string of the molecule is C1=CCC2CC[CH-]C2=C1.C1=CCC2CC[CH-]C2=C1.C[CH-]CCC(C)=[SiH2].[CH2-]CCC.[Zr+4]. The number of hydrogen-bond acceptors (Lipinski definition) is 0. The molecule has 2 unspecified atom stereocenters. The van der Waals surface area contributed by atoms with E-state index in [0.29, 0.717) is 0 Å². The predicted molar refractivity (Wildman–Crippen MR) is 136 cm³/mol. The van der Waals surface area contributed by atoms with E-state index in [1.54, 1.807) is 16.3 Å². The Morgan fingerprint density at radius 3 is 1.83 bits per heavy atom. The molecule has 2 fully saturated rings. The Morgan fingerprint density at radius 2 is 1.53 bits per heavy atom. The molecule has 4 aliphatic rings. The molecule has 0 spiro atoms. The second-order valence-electron chi connectivity index (χ2n) is 8.38. The van der Waals surface area contributed by atoms with Gasteiger partial charge in [0.2, 0.25) is 0 Å². The van der Waals surface area contributed by atoms with Crippen molar-refractivity contribution < 1.29 is 26.2 Å². The summed E-state index contributed by atoms with van der Waals surface area (Å²) >= 11 is 0. The standard InChI is InChI=1S/2C9H11.C6H13Si.C4H9.Zr/c2*1-2-5-9-7-3-6-8(9)4-1;1-3-4-5-6(2)7;1-3-4-2;/h2*1-2,4,6,9H,3,5,7H2;3H,4-5,7H2,1-2H3;1,3-4H2,2H3;/q4*-1;+4. The van der Waals surface area contributed by atoms with E-state index >= 15 is 0 Å². The van der Waals surface area contributed by atoms with Gasteiger partial charge in [-0.05, 0) is 41.5 Å². The summed E-state index contributed by atoms with van der Waals surface area (Å²) in [6.07, 6.45) is 33.1. The van der Waals surface area contributed by atoms with Gasteiger partial charge in [0.15, 0.2) is 0 Å². The van der Waals surface area contributed by atoms with Crippen LogP contribution in [0.15, 0.2) is 47.6 Å². The first-order chi connectivity index (χ1) is 14.1. The molecule has 2 atom stereocenters. The van der Waals surface area contributed by atoms with Crippen LogP contribution in [0.5, 0.6) is 0 Å². The second kappa shape index (κ2) is 19.4. The number of rotatable bonds is 4. The van der Waals surface area contributed by atoms with E-state index in [-0.39, 0.29) is 26.2 Å². The molecule has 0 bridgehead atoms. The molecule has 0 N–H and O–H groups in total. The molecule has 0 radical (unpaired) electrons.